The van der Waals surface area contributed by atoms with Gasteiger partial charge in [0.05, 0.1) is 13.5 Å². The predicted molar refractivity (Wildman–Crippen MR) is 106 cm³/mol. The first-order valence-corrected chi connectivity index (χ1v) is 9.14. The van der Waals surface area contributed by atoms with Crippen LogP contribution in [0.3, 0.4) is 0 Å². The van der Waals surface area contributed by atoms with Crippen LogP contribution in [0.15, 0.2) is 54.6 Å². The Kier molecular flexibility index (Phi) is 6.30. The highest BCUT2D eigenvalue weighted by atomic mass is 16.5. The summed E-state index contributed by atoms with van der Waals surface area (Å²) in [4.78, 5) is 25.7. The van der Waals surface area contributed by atoms with Gasteiger partial charge in [0.1, 0.15) is 0 Å². The Labute approximate surface area is 159 Å². The fraction of sp³-hybridized carbons (Fsp3) is 0.333. The maximum atomic E-state index is 12.1. The summed E-state index contributed by atoms with van der Waals surface area (Å²) in [7, 11) is 1.37. The number of nitrogens with one attached hydrogen (secondary N) is 2. The Balaban J connectivity index is 1.42. The molecule has 1 aliphatic rings. The second kappa shape index (κ2) is 9.07. The highest BCUT2D eigenvalue weighted by molar-refractivity contribution is 5.89. The van der Waals surface area contributed by atoms with Gasteiger partial charge in [-0.25, -0.2) is 4.79 Å². The van der Waals surface area contributed by atoms with Crippen LogP contribution in [0.5, 0.6) is 0 Å². The van der Waals surface area contributed by atoms with E-state index in [0.29, 0.717) is 18.2 Å². The number of urea groups is 1. The maximum Gasteiger partial charge on any atom is 0.319 e. The molecule has 0 radical (unpaired) electrons. The van der Waals surface area contributed by atoms with Crippen LogP contribution in [0, 0.1) is 5.92 Å². The van der Waals surface area contributed by atoms with Crippen LogP contribution < -0.4 is 15.5 Å². The van der Waals surface area contributed by atoms with Crippen molar-refractivity contribution in [3.8, 4) is 0 Å². The Morgan fingerprint density at radius 2 is 1.85 bits per heavy atom. The summed E-state index contributed by atoms with van der Waals surface area (Å²) in [5, 5.41) is 5.77. The van der Waals surface area contributed by atoms with Crippen molar-refractivity contribution in [3.05, 3.63) is 60.2 Å². The second-order valence-corrected chi connectivity index (χ2v) is 6.72. The van der Waals surface area contributed by atoms with E-state index in [1.54, 1.807) is 24.3 Å². The van der Waals surface area contributed by atoms with Gasteiger partial charge in [0.25, 0.3) is 0 Å². The topological polar surface area (TPSA) is 70.7 Å². The predicted octanol–water partition coefficient (Wildman–Crippen LogP) is 3.05. The monoisotopic (exact) mass is 367 g/mol. The lowest BCUT2D eigenvalue weighted by Crippen LogP contribution is -2.34. The van der Waals surface area contributed by atoms with Gasteiger partial charge in [-0.2, -0.15) is 0 Å². The maximum absolute atomic E-state index is 12.1. The molecule has 2 amide bonds. The number of amides is 2. The summed E-state index contributed by atoms with van der Waals surface area (Å²) in [5.74, 6) is 0.160. The van der Waals surface area contributed by atoms with E-state index < -0.39 is 0 Å². The van der Waals surface area contributed by atoms with Gasteiger partial charge in [-0.3, -0.25) is 4.79 Å². The van der Waals surface area contributed by atoms with Crippen molar-refractivity contribution in [1.82, 2.24) is 5.32 Å². The number of anilines is 2. The minimum absolute atomic E-state index is 0.214. The number of esters is 1. The summed E-state index contributed by atoms with van der Waals surface area (Å²) < 4.78 is 4.64. The molecular formula is C21H25N3O3. The molecule has 0 aliphatic carbocycles. The van der Waals surface area contributed by atoms with E-state index in [-0.39, 0.29) is 18.4 Å². The summed E-state index contributed by atoms with van der Waals surface area (Å²) >= 11 is 0. The Hall–Kier alpha value is -3.02. The van der Waals surface area contributed by atoms with E-state index >= 15 is 0 Å². The molecule has 1 unspecified atom stereocenters. The smallest absolute Gasteiger partial charge is 0.319 e. The molecule has 0 saturated carbocycles. The number of carbonyl (C=O) groups is 2. The molecule has 2 aromatic rings. The minimum Gasteiger partial charge on any atom is -0.469 e. The number of benzene rings is 2. The third-order valence-electron chi connectivity index (χ3n) is 4.75. The highest BCUT2D eigenvalue weighted by Crippen LogP contribution is 2.23. The van der Waals surface area contributed by atoms with E-state index in [1.165, 1.54) is 12.8 Å². The molecule has 3 rings (SSSR count). The van der Waals surface area contributed by atoms with E-state index in [9.17, 15) is 9.59 Å². The van der Waals surface area contributed by atoms with Crippen LogP contribution in [-0.2, 0) is 16.0 Å². The number of nitrogens with zero attached hydrogens (tertiary/aromatic N) is 1. The molecule has 2 aromatic carbocycles. The van der Waals surface area contributed by atoms with Crippen LogP contribution in [0.1, 0.15) is 12.0 Å². The van der Waals surface area contributed by atoms with Crippen LogP contribution in [0.2, 0.25) is 0 Å². The normalized spacial score (nSPS) is 16.0. The van der Waals surface area contributed by atoms with Crippen molar-refractivity contribution in [2.24, 2.45) is 5.92 Å². The minimum atomic E-state index is -0.283. The summed E-state index contributed by atoms with van der Waals surface area (Å²) in [6, 6.07) is 17.3. The van der Waals surface area contributed by atoms with Crippen molar-refractivity contribution >= 4 is 23.4 Å². The summed E-state index contributed by atoms with van der Waals surface area (Å²) in [6.45, 7) is 2.61. The van der Waals surface area contributed by atoms with Crippen LogP contribution >= 0.6 is 0 Å². The van der Waals surface area contributed by atoms with Gasteiger partial charge in [0.15, 0.2) is 0 Å². The fourth-order valence-corrected chi connectivity index (χ4v) is 3.23. The zero-order valence-electron chi connectivity index (χ0n) is 15.5. The molecule has 1 heterocycles. The second-order valence-electron chi connectivity index (χ2n) is 6.72. The molecule has 1 aliphatic heterocycles. The number of hydrogen-bond donors (Lipinski definition) is 2. The standard InChI is InChI=1S/C21H25N3O3/c1-27-20(25)13-16-7-9-18(10-8-16)23-21(26)22-14-17-11-12-24(15-17)19-5-3-2-4-6-19/h2-10,17H,11-15H2,1H3,(H2,22,23,26). The molecule has 0 spiro atoms. The Bertz CT molecular complexity index is 762. The van der Waals surface area contributed by atoms with E-state index in [1.807, 2.05) is 18.2 Å². The van der Waals surface area contributed by atoms with Gasteiger partial charge < -0.3 is 20.3 Å². The third kappa shape index (κ3) is 5.48. The van der Waals surface area contributed by atoms with Crippen molar-refractivity contribution in [2.45, 2.75) is 12.8 Å². The zero-order valence-corrected chi connectivity index (χ0v) is 15.5. The highest BCUT2D eigenvalue weighted by Gasteiger charge is 2.22. The van der Waals surface area contributed by atoms with Crippen LogP contribution in [-0.4, -0.2) is 38.7 Å². The van der Waals surface area contributed by atoms with E-state index in [0.717, 1.165) is 25.1 Å². The van der Waals surface area contributed by atoms with Crippen LogP contribution in [0.25, 0.3) is 0 Å². The molecule has 2 N–H and O–H groups in total. The lowest BCUT2D eigenvalue weighted by atomic mass is 10.1. The van der Waals surface area contributed by atoms with Crippen molar-refractivity contribution < 1.29 is 14.3 Å². The average Bonchev–Trinajstić information content (AvgIpc) is 3.17. The first-order chi connectivity index (χ1) is 13.1. The van der Waals surface area contributed by atoms with E-state index in [4.69, 9.17) is 0 Å². The molecule has 0 bridgehead atoms. The zero-order chi connectivity index (χ0) is 19.1. The molecule has 0 aromatic heterocycles. The van der Waals surface area contributed by atoms with Gasteiger partial charge in [0, 0.05) is 31.0 Å². The summed E-state index contributed by atoms with van der Waals surface area (Å²) in [6.07, 6.45) is 1.29. The first kappa shape index (κ1) is 18.8. The number of hydrogen-bond acceptors (Lipinski definition) is 4. The van der Waals surface area contributed by atoms with Gasteiger partial charge in [-0.15, -0.1) is 0 Å². The molecule has 6 nitrogen and oxygen atoms in total. The molecule has 6 heteroatoms. The van der Waals surface area contributed by atoms with E-state index in [2.05, 4.69) is 32.4 Å². The Morgan fingerprint density at radius 3 is 2.56 bits per heavy atom. The van der Waals surface area contributed by atoms with Crippen molar-refractivity contribution in [1.29, 1.82) is 0 Å². The number of carbonyl (C=O) groups excluding carboxylic acids is 2. The van der Waals surface area contributed by atoms with Gasteiger partial charge in [-0.05, 0) is 42.2 Å². The molecule has 142 valence electrons. The Morgan fingerprint density at radius 1 is 1.11 bits per heavy atom. The lowest BCUT2D eigenvalue weighted by molar-refractivity contribution is -0.139. The average molecular weight is 367 g/mol. The quantitative estimate of drug-likeness (QED) is 0.770. The number of ether oxygens (including phenoxy) is 1. The first-order valence-electron chi connectivity index (χ1n) is 9.14. The lowest BCUT2D eigenvalue weighted by Gasteiger charge is -2.18. The number of methoxy groups -OCH3 is 1. The number of para-hydroxylation sites is 1. The molecule has 27 heavy (non-hydrogen) atoms. The summed E-state index contributed by atoms with van der Waals surface area (Å²) in [5.41, 5.74) is 2.77. The SMILES string of the molecule is COC(=O)Cc1ccc(NC(=O)NCC2CCN(c3ccccc3)C2)cc1. The molecular weight excluding hydrogens is 342 g/mol. The van der Waals surface area contributed by atoms with Crippen LogP contribution in [0.4, 0.5) is 16.2 Å². The van der Waals surface area contributed by atoms with Gasteiger partial charge in [0.2, 0.25) is 0 Å². The molecule has 1 fully saturated rings. The van der Waals surface area contributed by atoms with Crippen molar-refractivity contribution in [3.63, 3.8) is 0 Å². The molecule has 1 atom stereocenters. The largest absolute Gasteiger partial charge is 0.469 e. The van der Waals surface area contributed by atoms with Gasteiger partial charge >= 0.3 is 12.0 Å². The van der Waals surface area contributed by atoms with Crippen molar-refractivity contribution in [2.75, 3.05) is 37.0 Å². The third-order valence-corrected chi connectivity index (χ3v) is 4.75. The molecule has 1 saturated heterocycles. The number of rotatable bonds is 6. The fourth-order valence-electron chi connectivity index (χ4n) is 3.23. The van der Waals surface area contributed by atoms with Gasteiger partial charge in [-0.1, -0.05) is 30.3 Å².